The first-order chi connectivity index (χ1) is 24.8. The zero-order valence-corrected chi connectivity index (χ0v) is 26.5. The van der Waals surface area contributed by atoms with Gasteiger partial charge in [0.1, 0.15) is 87.3 Å². The zero-order valence-electron chi connectivity index (χ0n) is 26.5. The number of Topliss-reactive ketones (excluding diaryl/α,β-unsaturated/α-hetero) is 1. The zero-order chi connectivity index (χ0) is 37.2. The molecule has 0 bridgehead atoms. The number of ether oxygens (including phenoxy) is 3. The van der Waals surface area contributed by atoms with Crippen molar-refractivity contribution in [1.29, 1.82) is 0 Å². The highest BCUT2D eigenvalue weighted by molar-refractivity contribution is 6.09. The van der Waals surface area contributed by atoms with Crippen molar-refractivity contribution in [3.63, 3.8) is 0 Å². The Morgan fingerprint density at radius 1 is 0.712 bits per heavy atom. The average Bonchev–Trinajstić information content (AvgIpc) is 3.10. The van der Waals surface area contributed by atoms with Gasteiger partial charge < -0.3 is 69.7 Å². The van der Waals surface area contributed by atoms with Crippen LogP contribution in [-0.4, -0.2) is 94.2 Å². The van der Waals surface area contributed by atoms with E-state index in [2.05, 4.69) is 0 Å². The van der Waals surface area contributed by atoms with E-state index >= 15 is 0 Å². The molecule has 2 aliphatic rings. The van der Waals surface area contributed by atoms with Gasteiger partial charge in [-0.05, 0) is 35.9 Å². The van der Waals surface area contributed by atoms with E-state index in [1.54, 1.807) is 0 Å². The average molecular weight is 719 g/mol. The van der Waals surface area contributed by atoms with E-state index in [1.807, 2.05) is 0 Å². The molecule has 2 unspecified atom stereocenters. The topological polar surface area (TPSA) is 277 Å². The van der Waals surface area contributed by atoms with E-state index in [0.717, 1.165) is 36.4 Å². The molecule has 0 saturated carbocycles. The largest absolute Gasteiger partial charge is 0.508 e. The molecule has 270 valence electrons. The molecule has 0 radical (unpaired) electrons. The first-order valence-corrected chi connectivity index (χ1v) is 15.7. The van der Waals surface area contributed by atoms with Crippen molar-refractivity contribution < 1.29 is 74.5 Å². The summed E-state index contributed by atoms with van der Waals surface area (Å²) in [5.41, 5.74) is -1.75. The first-order valence-electron chi connectivity index (χ1n) is 15.7. The summed E-state index contributed by atoms with van der Waals surface area (Å²) >= 11 is 0. The van der Waals surface area contributed by atoms with Crippen LogP contribution in [0.2, 0.25) is 0 Å². The summed E-state index contributed by atoms with van der Waals surface area (Å²) in [6, 6.07) is 12.8. The normalized spacial score (nSPS) is 24.3. The van der Waals surface area contributed by atoms with E-state index < -0.39 is 112 Å². The Hall–Kier alpha value is -6.04. The van der Waals surface area contributed by atoms with Crippen LogP contribution in [0.5, 0.6) is 46.0 Å². The molecule has 0 amide bonds. The van der Waals surface area contributed by atoms with Gasteiger partial charge in [0.25, 0.3) is 0 Å². The molecule has 52 heavy (non-hydrogen) atoms. The number of phenols is 6. The van der Waals surface area contributed by atoms with Crippen LogP contribution in [0.15, 0.2) is 75.9 Å². The summed E-state index contributed by atoms with van der Waals surface area (Å²) in [6.07, 6.45) is -10.4. The number of hydrogen-bond acceptors (Lipinski definition) is 16. The third-order valence-electron chi connectivity index (χ3n) is 9.02. The molecule has 0 spiro atoms. The lowest BCUT2D eigenvalue weighted by Gasteiger charge is -2.40. The Labute approximate surface area is 291 Å². The minimum absolute atomic E-state index is 0.0692. The number of aliphatic hydroxyl groups is 4. The number of hydrogen-bond donors (Lipinski definition) is 10. The van der Waals surface area contributed by atoms with E-state index in [9.17, 15) is 60.7 Å². The van der Waals surface area contributed by atoms with E-state index in [-0.39, 0.29) is 33.9 Å². The van der Waals surface area contributed by atoms with Crippen LogP contribution in [0.3, 0.4) is 0 Å². The fraction of sp³-hybridized carbons (Fsp3) is 0.222. The fourth-order valence-corrected chi connectivity index (χ4v) is 6.44. The van der Waals surface area contributed by atoms with Gasteiger partial charge >= 0.3 is 0 Å². The molecule has 16 heteroatoms. The minimum Gasteiger partial charge on any atom is -0.508 e. The smallest absolute Gasteiger partial charge is 0.229 e. The van der Waals surface area contributed by atoms with E-state index in [4.69, 9.17) is 18.6 Å². The second-order valence-corrected chi connectivity index (χ2v) is 12.3. The van der Waals surface area contributed by atoms with Crippen LogP contribution in [0.4, 0.5) is 0 Å². The summed E-state index contributed by atoms with van der Waals surface area (Å²) in [4.78, 5) is 28.4. The molecule has 0 aliphatic carbocycles. The summed E-state index contributed by atoms with van der Waals surface area (Å²) in [7, 11) is 0. The Morgan fingerprint density at radius 3 is 2.13 bits per heavy atom. The van der Waals surface area contributed by atoms with E-state index in [1.165, 1.54) is 30.3 Å². The molecule has 7 atom stereocenters. The van der Waals surface area contributed by atoms with Crippen molar-refractivity contribution in [3.8, 4) is 57.3 Å². The third-order valence-corrected chi connectivity index (χ3v) is 9.02. The number of aliphatic hydroxyl groups excluding tert-OH is 4. The second kappa shape index (κ2) is 12.9. The molecule has 1 fully saturated rings. The van der Waals surface area contributed by atoms with Gasteiger partial charge in [-0.3, -0.25) is 9.59 Å². The summed E-state index contributed by atoms with van der Waals surface area (Å²) < 4.78 is 24.0. The Balaban J connectivity index is 1.53. The number of carbonyl (C=O) groups is 1. The highest BCUT2D eigenvalue weighted by Gasteiger charge is 2.48. The highest BCUT2D eigenvalue weighted by Crippen LogP contribution is 2.52. The maximum atomic E-state index is 14.7. The summed E-state index contributed by atoms with van der Waals surface area (Å²) in [5, 5.41) is 103. The maximum Gasteiger partial charge on any atom is 0.229 e. The Kier molecular flexibility index (Phi) is 8.56. The van der Waals surface area contributed by atoms with Crippen molar-refractivity contribution in [2.45, 2.75) is 42.7 Å². The molecule has 2 aliphatic heterocycles. The number of fused-ring (bicyclic) bond motifs is 2. The minimum atomic E-state index is -1.97. The maximum absolute atomic E-state index is 14.7. The number of ketones is 1. The molecule has 4 aromatic carbocycles. The van der Waals surface area contributed by atoms with E-state index in [0.29, 0.717) is 0 Å². The van der Waals surface area contributed by atoms with Crippen LogP contribution in [-0.2, 0) is 4.74 Å². The SMILES string of the molecule is O=C1c2c(O)cc(O)cc2OC(c2ccc(O)cc2)C1c1c(O[C@@H]2O[C@H](CO)[C@@H](O)[C@H](O)[C@H]2O)cc(O)c2c(=O)cc(-c3ccc(O)c(O)c3)oc12. The van der Waals surface area contributed by atoms with Gasteiger partial charge in [-0.15, -0.1) is 0 Å². The van der Waals surface area contributed by atoms with Gasteiger partial charge in [-0.25, -0.2) is 0 Å². The fourth-order valence-electron chi connectivity index (χ4n) is 6.44. The van der Waals surface area contributed by atoms with Crippen molar-refractivity contribution in [1.82, 2.24) is 0 Å². The molecule has 10 N–H and O–H groups in total. The predicted octanol–water partition coefficient (Wildman–Crippen LogP) is 1.97. The Morgan fingerprint density at radius 2 is 1.44 bits per heavy atom. The van der Waals surface area contributed by atoms with Gasteiger partial charge in [0.15, 0.2) is 22.7 Å². The standard InChI is InChI=1S/C36H30O16/c37-12-25-30(45)32(47)33(48)36(52-25)51-24-11-21(44)26-20(43)10-22(14-3-6-17(40)18(41)7-14)49-35(26)28(24)29-31(46)27-19(42)8-16(39)9-23(27)50-34(29)13-1-4-15(38)5-2-13/h1-11,25,29-30,32-34,36-42,44-45,47-48H,12H2/t25-,29?,30-,32+,33-,34?,36-/m1/s1. The van der Waals surface area contributed by atoms with Gasteiger partial charge in [0.05, 0.1) is 18.1 Å². The Bertz CT molecular complexity index is 2260. The molecule has 3 heterocycles. The van der Waals surface area contributed by atoms with Gasteiger partial charge in [0, 0.05) is 29.8 Å². The lowest BCUT2D eigenvalue weighted by Crippen LogP contribution is -2.60. The number of aromatic hydroxyl groups is 6. The van der Waals surface area contributed by atoms with Crippen LogP contribution in [0.1, 0.15) is 33.5 Å². The van der Waals surface area contributed by atoms with Crippen LogP contribution in [0.25, 0.3) is 22.3 Å². The number of phenolic OH excluding ortho intramolecular Hbond substituents is 6. The number of rotatable bonds is 6. The van der Waals surface area contributed by atoms with Crippen LogP contribution >= 0.6 is 0 Å². The molecular formula is C36H30O16. The molecule has 7 rings (SSSR count). The summed E-state index contributed by atoms with van der Waals surface area (Å²) in [6.45, 7) is -0.820. The van der Waals surface area contributed by atoms with Crippen molar-refractivity contribution in [2.75, 3.05) is 6.61 Å². The third kappa shape index (κ3) is 5.73. The lowest BCUT2D eigenvalue weighted by molar-refractivity contribution is -0.277. The van der Waals surface area contributed by atoms with Crippen molar-refractivity contribution >= 4 is 16.8 Å². The second-order valence-electron chi connectivity index (χ2n) is 12.3. The molecule has 1 saturated heterocycles. The number of benzene rings is 4. The monoisotopic (exact) mass is 718 g/mol. The van der Waals surface area contributed by atoms with Gasteiger partial charge in [-0.2, -0.15) is 0 Å². The molecule has 5 aromatic rings. The predicted molar refractivity (Wildman–Crippen MR) is 176 cm³/mol. The molecular weight excluding hydrogens is 688 g/mol. The number of carbonyl (C=O) groups excluding carboxylic acids is 1. The first kappa shape index (κ1) is 34.4. The van der Waals surface area contributed by atoms with Crippen LogP contribution < -0.4 is 14.9 Å². The van der Waals surface area contributed by atoms with Crippen molar-refractivity contribution in [3.05, 3.63) is 93.6 Å². The molecule has 16 nitrogen and oxygen atoms in total. The van der Waals surface area contributed by atoms with Gasteiger partial charge in [-0.1, -0.05) is 12.1 Å². The lowest BCUT2D eigenvalue weighted by atomic mass is 9.79. The quantitative estimate of drug-likeness (QED) is 0.112. The van der Waals surface area contributed by atoms with Gasteiger partial charge in [0.2, 0.25) is 6.29 Å². The molecule has 1 aromatic heterocycles. The van der Waals surface area contributed by atoms with Crippen molar-refractivity contribution in [2.24, 2.45) is 0 Å². The summed E-state index contributed by atoms with van der Waals surface area (Å²) in [5.74, 6) is -6.56. The van der Waals surface area contributed by atoms with Crippen LogP contribution in [0, 0.1) is 0 Å². The highest BCUT2D eigenvalue weighted by atomic mass is 16.7.